The van der Waals surface area contributed by atoms with Crippen molar-refractivity contribution in [1.29, 1.82) is 0 Å². The van der Waals surface area contributed by atoms with Gasteiger partial charge in [0.2, 0.25) is 0 Å². The summed E-state index contributed by atoms with van der Waals surface area (Å²) >= 11 is 5.56. The van der Waals surface area contributed by atoms with Crippen molar-refractivity contribution in [3.8, 4) is 16.9 Å². The van der Waals surface area contributed by atoms with Gasteiger partial charge in [0.15, 0.2) is 10.9 Å². The second-order valence-electron chi connectivity index (χ2n) is 8.28. The number of anilines is 1. The summed E-state index contributed by atoms with van der Waals surface area (Å²) < 4.78 is 3.81. The number of nitrogens with zero attached hydrogens (tertiary/aromatic N) is 4. The van der Waals surface area contributed by atoms with Gasteiger partial charge in [-0.3, -0.25) is 4.68 Å². The summed E-state index contributed by atoms with van der Waals surface area (Å²) in [5.41, 5.74) is 6.54. The van der Waals surface area contributed by atoms with Crippen LogP contribution in [0.5, 0.6) is 0 Å². The molecule has 0 amide bonds. The average molecular weight is 479 g/mol. The van der Waals surface area contributed by atoms with Crippen LogP contribution in [0.3, 0.4) is 0 Å². The number of hydrogen-bond donors (Lipinski definition) is 2. The van der Waals surface area contributed by atoms with Crippen LogP contribution in [0.1, 0.15) is 16.7 Å². The number of benzene rings is 3. The topological polar surface area (TPSA) is 59.7 Å². The molecule has 0 aliphatic carbocycles. The van der Waals surface area contributed by atoms with E-state index in [2.05, 4.69) is 46.9 Å². The first-order chi connectivity index (χ1) is 17.2. The first-order valence-corrected chi connectivity index (χ1v) is 11.9. The predicted octanol–water partition coefficient (Wildman–Crippen LogP) is 5.58. The molecule has 0 saturated heterocycles. The van der Waals surface area contributed by atoms with E-state index in [0.29, 0.717) is 24.0 Å². The Morgan fingerprint density at radius 1 is 0.829 bits per heavy atom. The highest BCUT2D eigenvalue weighted by Gasteiger charge is 2.13. The zero-order valence-corrected chi connectivity index (χ0v) is 20.2. The van der Waals surface area contributed by atoms with Gasteiger partial charge in [0.25, 0.3) is 0 Å². The first-order valence-electron chi connectivity index (χ1n) is 11.5. The lowest BCUT2D eigenvalue weighted by atomic mass is 10.1. The van der Waals surface area contributed by atoms with Crippen LogP contribution < -0.4 is 10.6 Å². The Balaban J connectivity index is 1.27. The Morgan fingerprint density at radius 3 is 2.31 bits per heavy atom. The average Bonchev–Trinajstić information content (AvgIpc) is 3.52. The van der Waals surface area contributed by atoms with E-state index in [4.69, 9.17) is 17.3 Å². The van der Waals surface area contributed by atoms with Crippen LogP contribution in [0.15, 0.2) is 103 Å². The molecule has 6 nitrogen and oxygen atoms in total. The highest BCUT2D eigenvalue weighted by Crippen LogP contribution is 2.23. The van der Waals surface area contributed by atoms with Crippen molar-refractivity contribution in [3.05, 3.63) is 120 Å². The maximum atomic E-state index is 5.56. The summed E-state index contributed by atoms with van der Waals surface area (Å²) in [6.45, 7) is 3.36. The lowest BCUT2D eigenvalue weighted by Gasteiger charge is -2.09. The molecule has 7 heteroatoms. The van der Waals surface area contributed by atoms with Gasteiger partial charge in [-0.2, -0.15) is 10.2 Å². The van der Waals surface area contributed by atoms with Crippen LogP contribution in [0.25, 0.3) is 16.9 Å². The zero-order valence-electron chi connectivity index (χ0n) is 19.4. The summed E-state index contributed by atoms with van der Waals surface area (Å²) in [7, 11) is 0. The fraction of sp³-hybridized carbons (Fsp3) is 0.107. The molecular weight excluding hydrogens is 452 g/mol. The number of rotatable bonds is 7. The minimum absolute atomic E-state index is 0.512. The second kappa shape index (κ2) is 10.4. The van der Waals surface area contributed by atoms with Crippen molar-refractivity contribution < 1.29 is 0 Å². The molecule has 2 aromatic heterocycles. The van der Waals surface area contributed by atoms with Crippen LogP contribution in [0.2, 0.25) is 0 Å². The van der Waals surface area contributed by atoms with Crippen molar-refractivity contribution in [2.75, 3.05) is 5.32 Å². The lowest BCUT2D eigenvalue weighted by Crippen LogP contribution is -2.28. The van der Waals surface area contributed by atoms with Crippen molar-refractivity contribution in [2.45, 2.75) is 20.0 Å². The monoisotopic (exact) mass is 478 g/mol. The molecule has 174 valence electrons. The summed E-state index contributed by atoms with van der Waals surface area (Å²) in [6, 6.07) is 30.5. The van der Waals surface area contributed by atoms with Crippen LogP contribution in [-0.2, 0) is 13.1 Å². The fourth-order valence-corrected chi connectivity index (χ4v) is 4.08. The minimum atomic E-state index is 0.512. The summed E-state index contributed by atoms with van der Waals surface area (Å²) in [5, 5.41) is 16.5. The van der Waals surface area contributed by atoms with E-state index < -0.39 is 0 Å². The molecule has 0 fully saturated rings. The van der Waals surface area contributed by atoms with Crippen molar-refractivity contribution in [1.82, 2.24) is 24.9 Å². The molecule has 0 spiro atoms. The van der Waals surface area contributed by atoms with Gasteiger partial charge in [-0.25, -0.2) is 4.68 Å². The van der Waals surface area contributed by atoms with E-state index in [1.54, 1.807) is 0 Å². The van der Waals surface area contributed by atoms with E-state index in [-0.39, 0.29) is 0 Å². The van der Waals surface area contributed by atoms with E-state index in [1.165, 1.54) is 11.1 Å². The Labute approximate surface area is 210 Å². The predicted molar refractivity (Wildman–Crippen MR) is 145 cm³/mol. The van der Waals surface area contributed by atoms with E-state index in [0.717, 1.165) is 22.5 Å². The van der Waals surface area contributed by atoms with E-state index in [9.17, 15) is 0 Å². The zero-order chi connectivity index (χ0) is 24.0. The van der Waals surface area contributed by atoms with Crippen LogP contribution in [0, 0.1) is 6.92 Å². The van der Waals surface area contributed by atoms with Gasteiger partial charge in [0, 0.05) is 36.1 Å². The van der Waals surface area contributed by atoms with Gasteiger partial charge in [-0.05, 0) is 42.4 Å². The molecule has 2 heterocycles. The Kier molecular flexibility index (Phi) is 6.68. The minimum Gasteiger partial charge on any atom is -0.358 e. The number of hydrogen-bond acceptors (Lipinski definition) is 3. The SMILES string of the molecule is Cc1ccccc1Cn1ccc(NC(=S)NCc2cn(-c3ccccc3)nc2-c2ccccc2)n1. The lowest BCUT2D eigenvalue weighted by molar-refractivity contribution is 0.687. The third kappa shape index (κ3) is 5.47. The summed E-state index contributed by atoms with van der Waals surface area (Å²) in [5.74, 6) is 0.708. The van der Waals surface area contributed by atoms with Crippen molar-refractivity contribution in [3.63, 3.8) is 0 Å². The Morgan fingerprint density at radius 2 is 1.54 bits per heavy atom. The molecule has 0 aliphatic rings. The molecule has 0 atom stereocenters. The third-order valence-corrected chi connectivity index (χ3v) is 6.02. The molecule has 5 aromatic rings. The molecule has 2 N–H and O–H groups in total. The number of thiocarbonyl (C=S) groups is 1. The van der Waals surface area contributed by atoms with E-state index >= 15 is 0 Å². The third-order valence-electron chi connectivity index (χ3n) is 5.77. The van der Waals surface area contributed by atoms with Crippen molar-refractivity contribution in [2.24, 2.45) is 0 Å². The van der Waals surface area contributed by atoms with Crippen LogP contribution in [-0.4, -0.2) is 24.7 Å². The normalized spacial score (nSPS) is 10.8. The summed E-state index contributed by atoms with van der Waals surface area (Å²) in [6.07, 6.45) is 4.00. The quantitative estimate of drug-likeness (QED) is 0.299. The number of nitrogens with one attached hydrogen (secondary N) is 2. The maximum absolute atomic E-state index is 5.56. The maximum Gasteiger partial charge on any atom is 0.172 e. The summed E-state index contributed by atoms with van der Waals surface area (Å²) in [4.78, 5) is 0. The molecule has 0 unspecified atom stereocenters. The standard InChI is InChI=1S/C28H26N6S/c1-21-10-8-9-13-23(21)19-33-17-16-26(31-33)30-28(35)29-18-24-20-34(25-14-6-3-7-15-25)32-27(24)22-11-4-2-5-12-22/h2-17,20H,18-19H2,1H3,(H2,29,30,31,35). The van der Waals surface area contributed by atoms with E-state index in [1.807, 2.05) is 88.5 Å². The van der Waals surface area contributed by atoms with Gasteiger partial charge in [-0.15, -0.1) is 0 Å². The van der Waals surface area contributed by atoms with Gasteiger partial charge < -0.3 is 10.6 Å². The molecule has 35 heavy (non-hydrogen) atoms. The molecule has 5 rings (SSSR count). The Hall–Kier alpha value is -4.23. The van der Waals surface area contributed by atoms with Crippen molar-refractivity contribution >= 4 is 23.1 Å². The number of aromatic nitrogens is 4. The van der Waals surface area contributed by atoms with Gasteiger partial charge >= 0.3 is 0 Å². The second-order valence-corrected chi connectivity index (χ2v) is 8.69. The molecule has 3 aromatic carbocycles. The largest absolute Gasteiger partial charge is 0.358 e. The molecular formula is C28H26N6S. The highest BCUT2D eigenvalue weighted by atomic mass is 32.1. The smallest absolute Gasteiger partial charge is 0.172 e. The molecule has 0 radical (unpaired) electrons. The van der Waals surface area contributed by atoms with Gasteiger partial charge in [0.05, 0.1) is 17.9 Å². The highest BCUT2D eigenvalue weighted by molar-refractivity contribution is 7.80. The molecule has 0 aliphatic heterocycles. The van der Waals surface area contributed by atoms with Crippen LogP contribution in [0.4, 0.5) is 5.82 Å². The van der Waals surface area contributed by atoms with Gasteiger partial charge in [0.1, 0.15) is 0 Å². The number of para-hydroxylation sites is 1. The van der Waals surface area contributed by atoms with Gasteiger partial charge in [-0.1, -0.05) is 72.8 Å². The van der Waals surface area contributed by atoms with Crippen LogP contribution >= 0.6 is 12.2 Å². The molecule has 0 bridgehead atoms. The Bertz CT molecular complexity index is 1420. The first kappa shape index (κ1) is 22.6. The molecule has 0 saturated carbocycles. The fourth-order valence-electron chi connectivity index (χ4n) is 3.91. The number of aryl methyl sites for hydroxylation is 1.